The molecule has 0 atom stereocenters. The highest BCUT2D eigenvalue weighted by molar-refractivity contribution is 5.96. The normalized spacial score (nSPS) is 15.3. The molecule has 1 N–H and O–H groups in total. The van der Waals surface area contributed by atoms with Crippen LogP contribution in [0, 0.1) is 6.92 Å². The number of phenolic OH excluding ortho intramolecular Hbond substituents is 1. The van der Waals surface area contributed by atoms with Crippen LogP contribution in [0.2, 0.25) is 0 Å². The maximum atomic E-state index is 12.4. The summed E-state index contributed by atoms with van der Waals surface area (Å²) in [7, 11) is 1.68. The van der Waals surface area contributed by atoms with Crippen molar-refractivity contribution in [2.75, 3.05) is 26.8 Å². The Hall–Kier alpha value is -1.81. The first-order chi connectivity index (χ1) is 9.13. The average molecular weight is 261 g/mol. The van der Waals surface area contributed by atoms with Crippen molar-refractivity contribution in [2.24, 2.45) is 0 Å². The van der Waals surface area contributed by atoms with Gasteiger partial charge < -0.3 is 14.7 Å². The van der Waals surface area contributed by atoms with E-state index in [9.17, 15) is 9.90 Å². The third-order valence-electron chi connectivity index (χ3n) is 3.46. The standard InChI is InChI=1S/C15H19NO3/c1-11-13(4-3-5-14(11)17)15(18)16-8-6-12(7-9-16)10-19-2/h3-6,17H,7-10H2,1-2H3. The van der Waals surface area contributed by atoms with Crippen LogP contribution in [-0.4, -0.2) is 42.7 Å². The van der Waals surface area contributed by atoms with Gasteiger partial charge in [0.2, 0.25) is 0 Å². The molecule has 0 unspecified atom stereocenters. The molecule has 4 heteroatoms. The number of hydrogen-bond donors (Lipinski definition) is 1. The summed E-state index contributed by atoms with van der Waals surface area (Å²) in [5.74, 6) is 0.139. The minimum atomic E-state index is -0.0267. The van der Waals surface area contributed by atoms with Crippen LogP contribution in [0.25, 0.3) is 0 Å². The third-order valence-corrected chi connectivity index (χ3v) is 3.46. The first-order valence-corrected chi connectivity index (χ1v) is 6.38. The Morgan fingerprint density at radius 2 is 2.26 bits per heavy atom. The number of hydrogen-bond acceptors (Lipinski definition) is 3. The molecule has 0 aliphatic carbocycles. The minimum absolute atomic E-state index is 0.0267. The Kier molecular flexibility index (Phi) is 4.22. The zero-order valence-electron chi connectivity index (χ0n) is 11.3. The summed E-state index contributed by atoms with van der Waals surface area (Å²) in [5, 5.41) is 9.66. The highest BCUT2D eigenvalue weighted by Crippen LogP contribution is 2.22. The van der Waals surface area contributed by atoms with Crippen molar-refractivity contribution >= 4 is 5.91 Å². The topological polar surface area (TPSA) is 49.8 Å². The predicted octanol–water partition coefficient (Wildman–Crippen LogP) is 2.12. The van der Waals surface area contributed by atoms with Gasteiger partial charge in [-0.25, -0.2) is 0 Å². The van der Waals surface area contributed by atoms with Gasteiger partial charge in [-0.15, -0.1) is 0 Å². The largest absolute Gasteiger partial charge is 0.508 e. The molecule has 0 bridgehead atoms. The van der Waals surface area contributed by atoms with Gasteiger partial charge >= 0.3 is 0 Å². The van der Waals surface area contributed by atoms with Crippen molar-refractivity contribution in [3.8, 4) is 5.75 Å². The van der Waals surface area contributed by atoms with E-state index in [1.165, 1.54) is 5.57 Å². The molecular weight excluding hydrogens is 242 g/mol. The van der Waals surface area contributed by atoms with Crippen molar-refractivity contribution in [1.29, 1.82) is 0 Å². The van der Waals surface area contributed by atoms with Gasteiger partial charge in [-0.05, 0) is 31.1 Å². The molecule has 0 fully saturated rings. The van der Waals surface area contributed by atoms with Gasteiger partial charge in [0.25, 0.3) is 5.91 Å². The van der Waals surface area contributed by atoms with Crippen molar-refractivity contribution in [3.63, 3.8) is 0 Å². The van der Waals surface area contributed by atoms with Crippen molar-refractivity contribution in [1.82, 2.24) is 4.90 Å². The van der Waals surface area contributed by atoms with Gasteiger partial charge in [0.15, 0.2) is 0 Å². The molecule has 0 radical (unpaired) electrons. The fourth-order valence-electron chi connectivity index (χ4n) is 2.24. The molecule has 4 nitrogen and oxygen atoms in total. The summed E-state index contributed by atoms with van der Waals surface area (Å²) in [5.41, 5.74) is 2.45. The monoisotopic (exact) mass is 261 g/mol. The molecule has 102 valence electrons. The minimum Gasteiger partial charge on any atom is -0.508 e. The average Bonchev–Trinajstić information content (AvgIpc) is 2.42. The molecule has 1 aliphatic heterocycles. The summed E-state index contributed by atoms with van der Waals surface area (Å²) in [6, 6.07) is 5.05. The number of amides is 1. The third kappa shape index (κ3) is 2.96. The van der Waals surface area contributed by atoms with Gasteiger partial charge in [-0.2, -0.15) is 0 Å². The summed E-state index contributed by atoms with van der Waals surface area (Å²) in [6.07, 6.45) is 2.89. The number of phenols is 1. The predicted molar refractivity (Wildman–Crippen MR) is 73.3 cm³/mol. The zero-order chi connectivity index (χ0) is 13.8. The van der Waals surface area contributed by atoms with Crippen LogP contribution < -0.4 is 0 Å². The van der Waals surface area contributed by atoms with Crippen LogP contribution in [-0.2, 0) is 4.74 Å². The smallest absolute Gasteiger partial charge is 0.254 e. The lowest BCUT2D eigenvalue weighted by molar-refractivity contribution is 0.0763. The second kappa shape index (κ2) is 5.89. The molecular formula is C15H19NO3. The van der Waals surface area contributed by atoms with Gasteiger partial charge in [-0.1, -0.05) is 12.1 Å². The first-order valence-electron chi connectivity index (χ1n) is 6.38. The number of carbonyl (C=O) groups excluding carboxylic acids is 1. The van der Waals surface area contributed by atoms with E-state index in [2.05, 4.69) is 0 Å². The molecule has 1 amide bonds. The molecule has 1 aliphatic rings. The van der Waals surface area contributed by atoms with Gasteiger partial charge in [0.1, 0.15) is 5.75 Å². The zero-order valence-corrected chi connectivity index (χ0v) is 11.3. The van der Waals surface area contributed by atoms with Crippen LogP contribution in [0.3, 0.4) is 0 Å². The molecule has 0 saturated carbocycles. The summed E-state index contributed by atoms with van der Waals surface area (Å²) >= 11 is 0. The number of nitrogens with zero attached hydrogens (tertiary/aromatic N) is 1. The number of aromatic hydroxyl groups is 1. The van der Waals surface area contributed by atoms with Gasteiger partial charge in [-0.3, -0.25) is 4.79 Å². The van der Waals surface area contributed by atoms with Crippen LogP contribution in [0.15, 0.2) is 29.8 Å². The number of rotatable bonds is 3. The number of carbonyl (C=O) groups is 1. The molecule has 0 spiro atoms. The van der Waals surface area contributed by atoms with Crippen LogP contribution in [0.5, 0.6) is 5.75 Å². The van der Waals surface area contributed by atoms with E-state index in [1.807, 2.05) is 6.08 Å². The van der Waals surface area contributed by atoms with E-state index < -0.39 is 0 Å². The van der Waals surface area contributed by atoms with E-state index in [-0.39, 0.29) is 11.7 Å². The Morgan fingerprint density at radius 1 is 1.47 bits per heavy atom. The second-order valence-electron chi connectivity index (χ2n) is 4.75. The lowest BCUT2D eigenvalue weighted by Crippen LogP contribution is -2.35. The van der Waals surface area contributed by atoms with Crippen LogP contribution in [0.4, 0.5) is 0 Å². The SMILES string of the molecule is COCC1=CCN(C(=O)c2cccc(O)c2C)CC1. The van der Waals surface area contributed by atoms with E-state index in [1.54, 1.807) is 37.1 Å². The molecule has 19 heavy (non-hydrogen) atoms. The Balaban J connectivity index is 2.12. The number of ether oxygens (including phenoxy) is 1. The van der Waals surface area contributed by atoms with E-state index >= 15 is 0 Å². The Bertz CT molecular complexity index is 508. The summed E-state index contributed by atoms with van der Waals surface area (Å²) < 4.78 is 5.09. The molecule has 1 aromatic carbocycles. The fraction of sp³-hybridized carbons (Fsp3) is 0.400. The van der Waals surface area contributed by atoms with Crippen molar-refractivity contribution in [3.05, 3.63) is 41.0 Å². The summed E-state index contributed by atoms with van der Waals surface area (Å²) in [6.45, 7) is 3.70. The number of benzene rings is 1. The van der Waals surface area contributed by atoms with E-state index in [0.29, 0.717) is 30.8 Å². The quantitative estimate of drug-likeness (QED) is 0.848. The maximum Gasteiger partial charge on any atom is 0.254 e. The lowest BCUT2D eigenvalue weighted by atomic mass is 10.0. The van der Waals surface area contributed by atoms with E-state index in [0.717, 1.165) is 6.42 Å². The first kappa shape index (κ1) is 13.6. The van der Waals surface area contributed by atoms with E-state index in [4.69, 9.17) is 4.74 Å². The molecule has 1 aromatic rings. The molecule has 0 aromatic heterocycles. The highest BCUT2D eigenvalue weighted by atomic mass is 16.5. The van der Waals surface area contributed by atoms with Crippen LogP contribution in [0.1, 0.15) is 22.3 Å². The van der Waals surface area contributed by atoms with Crippen molar-refractivity contribution < 1.29 is 14.6 Å². The Labute approximate surface area is 113 Å². The highest BCUT2D eigenvalue weighted by Gasteiger charge is 2.20. The Morgan fingerprint density at radius 3 is 2.89 bits per heavy atom. The lowest BCUT2D eigenvalue weighted by Gasteiger charge is -2.27. The molecule has 0 saturated heterocycles. The van der Waals surface area contributed by atoms with Crippen molar-refractivity contribution in [2.45, 2.75) is 13.3 Å². The number of methoxy groups -OCH3 is 1. The van der Waals surface area contributed by atoms with Gasteiger partial charge in [0, 0.05) is 31.3 Å². The second-order valence-corrected chi connectivity index (χ2v) is 4.75. The van der Waals surface area contributed by atoms with Crippen LogP contribution >= 0.6 is 0 Å². The molecule has 2 rings (SSSR count). The summed E-state index contributed by atoms with van der Waals surface area (Å²) in [4.78, 5) is 14.2. The fourth-order valence-corrected chi connectivity index (χ4v) is 2.24. The molecule has 1 heterocycles. The maximum absolute atomic E-state index is 12.4. The van der Waals surface area contributed by atoms with Gasteiger partial charge in [0.05, 0.1) is 6.61 Å².